The number of nitrogens with zero attached hydrogens (tertiary/aromatic N) is 1. The minimum Gasteiger partial charge on any atom is -0.497 e. The Morgan fingerprint density at radius 2 is 1.91 bits per heavy atom. The summed E-state index contributed by atoms with van der Waals surface area (Å²) in [4.78, 5) is 26.5. The minimum absolute atomic E-state index is 0.195. The summed E-state index contributed by atoms with van der Waals surface area (Å²) in [7, 11) is 1.61. The number of carbonyl (C=O) groups excluding carboxylic acids is 1. The maximum atomic E-state index is 13.5. The van der Waals surface area contributed by atoms with Crippen LogP contribution in [0.25, 0.3) is 6.08 Å². The molecule has 3 heterocycles. The fourth-order valence-electron chi connectivity index (χ4n) is 4.26. The van der Waals surface area contributed by atoms with Crippen molar-refractivity contribution in [3.05, 3.63) is 88.8 Å². The molecule has 2 aliphatic rings. The summed E-state index contributed by atoms with van der Waals surface area (Å²) in [6.45, 7) is 2.46. The Bertz CT molecular complexity index is 1250. The van der Waals surface area contributed by atoms with E-state index in [1.165, 1.54) is 0 Å². The number of amides is 1. The zero-order valence-corrected chi connectivity index (χ0v) is 19.5. The van der Waals surface area contributed by atoms with Crippen LogP contribution in [-0.4, -0.2) is 42.8 Å². The van der Waals surface area contributed by atoms with Crippen LogP contribution < -0.4 is 19.5 Å². The topological polar surface area (TPSA) is 107 Å². The van der Waals surface area contributed by atoms with Gasteiger partial charge in [0.15, 0.2) is 0 Å². The number of aromatic nitrogens is 1. The Kier molecular flexibility index (Phi) is 7.01. The van der Waals surface area contributed by atoms with Gasteiger partial charge in [0.2, 0.25) is 0 Å². The van der Waals surface area contributed by atoms with Gasteiger partial charge < -0.3 is 24.6 Å². The van der Waals surface area contributed by atoms with E-state index in [1.54, 1.807) is 13.3 Å². The molecule has 3 aromatic rings. The van der Waals surface area contributed by atoms with Gasteiger partial charge in [-0.2, -0.15) is 0 Å². The van der Waals surface area contributed by atoms with Crippen molar-refractivity contribution in [2.75, 3.05) is 20.3 Å². The highest BCUT2D eigenvalue weighted by atomic mass is 16.5. The lowest BCUT2D eigenvalue weighted by atomic mass is 9.81. The Morgan fingerprint density at radius 1 is 1.14 bits per heavy atom. The number of aryl methyl sites for hydroxylation is 1. The lowest BCUT2D eigenvalue weighted by molar-refractivity contribution is -0.123. The molecule has 0 radical (unpaired) electrons. The predicted molar refractivity (Wildman–Crippen MR) is 130 cm³/mol. The second kappa shape index (κ2) is 10.3. The highest BCUT2D eigenvalue weighted by Gasteiger charge is 2.43. The number of fused-ring (bicyclic) bond motifs is 2. The molecule has 0 saturated heterocycles. The predicted octanol–water partition coefficient (Wildman–Crippen LogP) is 3.72. The van der Waals surface area contributed by atoms with Gasteiger partial charge in [-0.1, -0.05) is 29.8 Å². The lowest BCUT2D eigenvalue weighted by Crippen LogP contribution is -2.51. The van der Waals surface area contributed by atoms with Gasteiger partial charge in [-0.3, -0.25) is 14.6 Å². The molecule has 0 aliphatic carbocycles. The molecule has 0 bridgehead atoms. The van der Waals surface area contributed by atoms with Crippen molar-refractivity contribution < 1.29 is 28.9 Å². The van der Waals surface area contributed by atoms with Gasteiger partial charge in [-0.15, -0.1) is 0 Å². The molecule has 35 heavy (non-hydrogen) atoms. The Hall–Kier alpha value is -4.33. The van der Waals surface area contributed by atoms with Crippen LogP contribution in [-0.2, 0) is 15.1 Å². The standard InChI is InChI=1S/C26H24N2O4.CH2O2/c1-17-5-7-20(8-6-17)26(11-13-31-23-4-3-12-27-24(23)26)28-25(29)19-14-18-15-21(30-2)9-10-22(18)32-16-19;2-1-3/h3-10,12,14-15H,11,13,16H2,1-2H3,(H,28,29);1H,(H,2,3)/t26-;/m0./s1. The first-order valence-corrected chi connectivity index (χ1v) is 11.1. The molecule has 2 aromatic carbocycles. The van der Waals surface area contributed by atoms with Crippen molar-refractivity contribution in [2.45, 2.75) is 18.9 Å². The van der Waals surface area contributed by atoms with E-state index < -0.39 is 5.54 Å². The van der Waals surface area contributed by atoms with E-state index in [2.05, 4.69) is 10.3 Å². The third-order valence-electron chi connectivity index (χ3n) is 6.00. The molecule has 1 amide bonds. The number of methoxy groups -OCH3 is 1. The summed E-state index contributed by atoms with van der Waals surface area (Å²) in [5.41, 5.74) is 3.39. The average molecular weight is 475 g/mol. The molecule has 0 fully saturated rings. The number of carboxylic acid groups (broad SMARTS) is 1. The first-order chi connectivity index (χ1) is 17.0. The van der Waals surface area contributed by atoms with Crippen LogP contribution >= 0.6 is 0 Å². The van der Waals surface area contributed by atoms with Crippen molar-refractivity contribution in [1.82, 2.24) is 10.3 Å². The summed E-state index contributed by atoms with van der Waals surface area (Å²) < 4.78 is 17.0. The molecule has 180 valence electrons. The quantitative estimate of drug-likeness (QED) is 0.555. The van der Waals surface area contributed by atoms with Gasteiger partial charge in [0.05, 0.1) is 19.3 Å². The van der Waals surface area contributed by atoms with Crippen molar-refractivity contribution in [3.8, 4) is 17.2 Å². The first-order valence-electron chi connectivity index (χ1n) is 11.1. The zero-order valence-electron chi connectivity index (χ0n) is 19.5. The Labute approximate surface area is 203 Å². The molecule has 0 unspecified atom stereocenters. The van der Waals surface area contributed by atoms with Gasteiger partial charge in [-0.05, 0) is 48.9 Å². The molecular formula is C27H26N2O6. The minimum atomic E-state index is -0.797. The number of ether oxygens (including phenoxy) is 3. The zero-order chi connectivity index (χ0) is 24.8. The summed E-state index contributed by atoms with van der Waals surface area (Å²) >= 11 is 0. The summed E-state index contributed by atoms with van der Waals surface area (Å²) in [6.07, 6.45) is 4.16. The number of hydrogen-bond acceptors (Lipinski definition) is 6. The Balaban J connectivity index is 0.000000917. The molecule has 8 nitrogen and oxygen atoms in total. The third kappa shape index (κ3) is 4.82. The van der Waals surface area contributed by atoms with E-state index in [4.69, 9.17) is 24.1 Å². The number of nitrogens with one attached hydrogen (secondary N) is 1. The van der Waals surface area contributed by atoms with E-state index in [9.17, 15) is 4.79 Å². The summed E-state index contributed by atoms with van der Waals surface area (Å²) in [5, 5.41) is 10.2. The first kappa shape index (κ1) is 23.8. The van der Waals surface area contributed by atoms with Crippen LogP contribution in [0.1, 0.15) is 28.8 Å². The SMILES string of the molecule is COc1ccc2c(c1)C=C(C(=O)N[C@]1(c3ccc(C)cc3)CCOc3cccnc31)CO2.O=CO. The highest BCUT2D eigenvalue weighted by molar-refractivity contribution is 6.00. The average Bonchev–Trinajstić information content (AvgIpc) is 2.89. The van der Waals surface area contributed by atoms with Gasteiger partial charge in [0, 0.05) is 18.2 Å². The normalized spacial score (nSPS) is 17.6. The second-order valence-corrected chi connectivity index (χ2v) is 8.14. The molecule has 2 aliphatic heterocycles. The number of carbonyl (C=O) groups is 2. The second-order valence-electron chi connectivity index (χ2n) is 8.14. The fraction of sp³-hybridized carbons (Fsp3) is 0.222. The number of rotatable bonds is 4. The van der Waals surface area contributed by atoms with Gasteiger partial charge >= 0.3 is 0 Å². The maximum Gasteiger partial charge on any atom is 0.290 e. The van der Waals surface area contributed by atoms with E-state index in [0.29, 0.717) is 35.8 Å². The molecule has 1 atom stereocenters. The van der Waals surface area contributed by atoms with Crippen molar-refractivity contribution in [3.63, 3.8) is 0 Å². The van der Waals surface area contributed by atoms with Crippen LogP contribution in [0.15, 0.2) is 66.4 Å². The molecule has 5 rings (SSSR count). The molecule has 8 heteroatoms. The molecule has 1 aromatic heterocycles. The van der Waals surface area contributed by atoms with E-state index in [-0.39, 0.29) is 19.0 Å². The summed E-state index contributed by atoms with van der Waals surface area (Å²) in [6, 6.07) is 17.5. The van der Waals surface area contributed by atoms with E-state index in [1.807, 2.05) is 67.6 Å². The number of hydrogen-bond donors (Lipinski definition) is 2. The fourth-order valence-corrected chi connectivity index (χ4v) is 4.26. The van der Waals surface area contributed by atoms with E-state index in [0.717, 1.165) is 22.4 Å². The van der Waals surface area contributed by atoms with Crippen LogP contribution in [0.2, 0.25) is 0 Å². The monoisotopic (exact) mass is 474 g/mol. The maximum absolute atomic E-state index is 13.5. The smallest absolute Gasteiger partial charge is 0.290 e. The summed E-state index contributed by atoms with van der Waals surface area (Å²) in [5.74, 6) is 1.93. The number of pyridine rings is 1. The largest absolute Gasteiger partial charge is 0.497 e. The van der Waals surface area contributed by atoms with Crippen molar-refractivity contribution in [1.29, 1.82) is 0 Å². The van der Waals surface area contributed by atoms with E-state index >= 15 is 0 Å². The van der Waals surface area contributed by atoms with Gasteiger partial charge in [-0.25, -0.2) is 0 Å². The third-order valence-corrected chi connectivity index (χ3v) is 6.00. The van der Waals surface area contributed by atoms with Gasteiger partial charge in [0.25, 0.3) is 12.4 Å². The van der Waals surface area contributed by atoms with Crippen LogP contribution in [0.3, 0.4) is 0 Å². The van der Waals surface area contributed by atoms with Crippen LogP contribution in [0.4, 0.5) is 0 Å². The van der Waals surface area contributed by atoms with Crippen molar-refractivity contribution in [2.24, 2.45) is 0 Å². The lowest BCUT2D eigenvalue weighted by Gasteiger charge is -2.39. The molecular weight excluding hydrogens is 448 g/mol. The molecule has 0 spiro atoms. The van der Waals surface area contributed by atoms with Crippen molar-refractivity contribution >= 4 is 18.5 Å². The molecule has 2 N–H and O–H groups in total. The van der Waals surface area contributed by atoms with Crippen LogP contribution in [0.5, 0.6) is 17.2 Å². The van der Waals surface area contributed by atoms with Gasteiger partial charge in [0.1, 0.15) is 35.1 Å². The Morgan fingerprint density at radius 3 is 2.66 bits per heavy atom. The highest BCUT2D eigenvalue weighted by Crippen LogP contribution is 2.41. The molecule has 0 saturated carbocycles. The number of benzene rings is 2. The van der Waals surface area contributed by atoms with Crippen LogP contribution in [0, 0.1) is 6.92 Å².